The first-order chi connectivity index (χ1) is 11.6. The number of aromatic nitrogens is 2. The quantitative estimate of drug-likeness (QED) is 0.529. The third-order valence-corrected chi connectivity index (χ3v) is 3.59. The summed E-state index contributed by atoms with van der Waals surface area (Å²) in [7, 11) is 0. The van der Waals surface area contributed by atoms with E-state index in [-0.39, 0.29) is 6.61 Å². The lowest BCUT2D eigenvalue weighted by molar-refractivity contribution is -0.136. The molecule has 0 atom stereocenters. The number of esters is 1. The highest BCUT2D eigenvalue weighted by Gasteiger charge is 2.09. The van der Waals surface area contributed by atoms with Crippen molar-refractivity contribution in [3.05, 3.63) is 60.0 Å². The second-order valence-corrected chi connectivity index (χ2v) is 5.23. The van der Waals surface area contributed by atoms with Crippen molar-refractivity contribution in [2.24, 2.45) is 0 Å². The molecule has 1 aromatic heterocycles. The largest absolute Gasteiger partial charge is 0.482 e. The van der Waals surface area contributed by atoms with Crippen LogP contribution in [-0.4, -0.2) is 22.8 Å². The number of rotatable bonds is 5. The van der Waals surface area contributed by atoms with E-state index in [9.17, 15) is 4.79 Å². The molecule has 0 aliphatic carbocycles. The SMILES string of the molecule is Cc1cccc(OCC(=O)Oc2ccc(-c3nnco3)cc2)c1C. The van der Waals surface area contributed by atoms with Crippen molar-refractivity contribution >= 4 is 5.97 Å². The molecule has 24 heavy (non-hydrogen) atoms. The minimum Gasteiger partial charge on any atom is -0.482 e. The molecule has 0 spiro atoms. The summed E-state index contributed by atoms with van der Waals surface area (Å²) in [4.78, 5) is 11.9. The van der Waals surface area contributed by atoms with Crippen LogP contribution >= 0.6 is 0 Å². The average Bonchev–Trinajstić information content (AvgIpc) is 3.11. The number of carbonyl (C=O) groups excluding carboxylic acids is 1. The van der Waals surface area contributed by atoms with Gasteiger partial charge in [0.25, 0.3) is 0 Å². The summed E-state index contributed by atoms with van der Waals surface area (Å²) in [6.07, 6.45) is 1.26. The number of carbonyl (C=O) groups is 1. The van der Waals surface area contributed by atoms with Crippen LogP contribution in [0.5, 0.6) is 11.5 Å². The molecule has 0 saturated heterocycles. The van der Waals surface area contributed by atoms with Crippen molar-refractivity contribution in [1.29, 1.82) is 0 Å². The van der Waals surface area contributed by atoms with Gasteiger partial charge in [-0.3, -0.25) is 0 Å². The number of nitrogens with zero attached hydrogens (tertiary/aromatic N) is 2. The van der Waals surface area contributed by atoms with E-state index in [0.29, 0.717) is 17.4 Å². The Bertz CT molecular complexity index is 827. The molecule has 0 aliphatic heterocycles. The molecule has 0 N–H and O–H groups in total. The van der Waals surface area contributed by atoms with E-state index in [1.807, 2.05) is 32.0 Å². The normalized spacial score (nSPS) is 10.4. The highest BCUT2D eigenvalue weighted by atomic mass is 16.6. The van der Waals surface area contributed by atoms with Crippen LogP contribution in [0.2, 0.25) is 0 Å². The molecule has 0 fully saturated rings. The Kier molecular flexibility index (Phi) is 4.56. The molecule has 2 aromatic carbocycles. The molecule has 0 amide bonds. The lowest BCUT2D eigenvalue weighted by Crippen LogP contribution is -2.18. The molecule has 0 aliphatic rings. The van der Waals surface area contributed by atoms with Crippen molar-refractivity contribution in [2.45, 2.75) is 13.8 Å². The molecule has 0 saturated carbocycles. The molecule has 3 rings (SSSR count). The predicted octanol–water partition coefficient (Wildman–Crippen LogP) is 3.34. The van der Waals surface area contributed by atoms with Crippen molar-refractivity contribution in [3.8, 4) is 23.0 Å². The van der Waals surface area contributed by atoms with E-state index in [1.54, 1.807) is 24.3 Å². The summed E-state index contributed by atoms with van der Waals surface area (Å²) in [6, 6.07) is 12.5. The van der Waals surface area contributed by atoms with Gasteiger partial charge in [0.15, 0.2) is 6.61 Å². The van der Waals surface area contributed by atoms with Gasteiger partial charge in [-0.2, -0.15) is 0 Å². The van der Waals surface area contributed by atoms with Crippen LogP contribution < -0.4 is 9.47 Å². The number of hydrogen-bond donors (Lipinski definition) is 0. The predicted molar refractivity (Wildman–Crippen MR) is 86.8 cm³/mol. The maximum Gasteiger partial charge on any atom is 0.349 e. The van der Waals surface area contributed by atoms with Gasteiger partial charge in [0, 0.05) is 5.56 Å². The zero-order valence-corrected chi connectivity index (χ0v) is 13.4. The molecule has 122 valence electrons. The smallest absolute Gasteiger partial charge is 0.349 e. The molecule has 6 nitrogen and oxygen atoms in total. The van der Waals surface area contributed by atoms with Gasteiger partial charge in [0.05, 0.1) is 0 Å². The van der Waals surface area contributed by atoms with Crippen LogP contribution in [0.3, 0.4) is 0 Å². The number of hydrogen-bond acceptors (Lipinski definition) is 6. The van der Waals surface area contributed by atoms with E-state index in [2.05, 4.69) is 10.2 Å². The monoisotopic (exact) mass is 324 g/mol. The average molecular weight is 324 g/mol. The minimum atomic E-state index is -0.471. The molecular weight excluding hydrogens is 308 g/mol. The zero-order valence-electron chi connectivity index (χ0n) is 13.4. The maximum atomic E-state index is 11.9. The Morgan fingerprint density at radius 1 is 1.12 bits per heavy atom. The van der Waals surface area contributed by atoms with E-state index in [4.69, 9.17) is 13.9 Å². The van der Waals surface area contributed by atoms with Crippen LogP contribution in [-0.2, 0) is 4.79 Å². The van der Waals surface area contributed by atoms with Gasteiger partial charge in [0.1, 0.15) is 11.5 Å². The van der Waals surface area contributed by atoms with E-state index in [1.165, 1.54) is 6.39 Å². The first-order valence-electron chi connectivity index (χ1n) is 7.40. The first-order valence-corrected chi connectivity index (χ1v) is 7.40. The van der Waals surface area contributed by atoms with Gasteiger partial charge < -0.3 is 13.9 Å². The molecular formula is C18H16N2O4. The van der Waals surface area contributed by atoms with E-state index < -0.39 is 5.97 Å². The van der Waals surface area contributed by atoms with Crippen molar-refractivity contribution in [3.63, 3.8) is 0 Å². The van der Waals surface area contributed by atoms with Gasteiger partial charge in [0.2, 0.25) is 12.3 Å². The van der Waals surface area contributed by atoms with Crippen molar-refractivity contribution < 1.29 is 18.7 Å². The van der Waals surface area contributed by atoms with Crippen molar-refractivity contribution in [1.82, 2.24) is 10.2 Å². The summed E-state index contributed by atoms with van der Waals surface area (Å²) < 4.78 is 15.9. The standard InChI is InChI=1S/C18H16N2O4/c1-12-4-3-5-16(13(12)2)22-10-17(21)24-15-8-6-14(7-9-15)18-20-19-11-23-18/h3-9,11H,10H2,1-2H3. The van der Waals surface area contributed by atoms with Crippen LogP contribution in [0.25, 0.3) is 11.5 Å². The topological polar surface area (TPSA) is 74.5 Å². The van der Waals surface area contributed by atoms with Gasteiger partial charge in [-0.15, -0.1) is 10.2 Å². The Morgan fingerprint density at radius 3 is 2.62 bits per heavy atom. The lowest BCUT2D eigenvalue weighted by Gasteiger charge is -2.10. The molecule has 0 radical (unpaired) electrons. The fourth-order valence-electron chi connectivity index (χ4n) is 2.14. The minimum absolute atomic E-state index is 0.157. The summed E-state index contributed by atoms with van der Waals surface area (Å²) >= 11 is 0. The number of ether oxygens (including phenoxy) is 2. The van der Waals surface area contributed by atoms with Crippen LogP contribution in [0.4, 0.5) is 0 Å². The van der Waals surface area contributed by atoms with E-state index in [0.717, 1.165) is 16.7 Å². The Balaban J connectivity index is 1.58. The third-order valence-electron chi connectivity index (χ3n) is 3.59. The lowest BCUT2D eigenvalue weighted by atomic mass is 10.1. The number of aryl methyl sites for hydroxylation is 1. The summed E-state index contributed by atoms with van der Waals surface area (Å²) in [5.41, 5.74) is 2.87. The number of benzene rings is 2. The first kappa shape index (κ1) is 15.7. The fraction of sp³-hybridized carbons (Fsp3) is 0.167. The Morgan fingerprint density at radius 2 is 1.92 bits per heavy atom. The summed E-state index contributed by atoms with van der Waals surface area (Å²) in [5.74, 6) is 1.04. The van der Waals surface area contributed by atoms with Gasteiger partial charge in [-0.1, -0.05) is 12.1 Å². The fourth-order valence-corrected chi connectivity index (χ4v) is 2.14. The molecule has 0 unspecified atom stereocenters. The highest BCUT2D eigenvalue weighted by molar-refractivity contribution is 5.74. The van der Waals surface area contributed by atoms with Gasteiger partial charge >= 0.3 is 5.97 Å². The molecule has 1 heterocycles. The second kappa shape index (κ2) is 6.95. The third kappa shape index (κ3) is 3.60. The molecule has 3 aromatic rings. The van der Waals surface area contributed by atoms with Gasteiger partial charge in [-0.05, 0) is 55.3 Å². The summed E-state index contributed by atoms with van der Waals surface area (Å²) in [5, 5.41) is 7.43. The van der Waals surface area contributed by atoms with E-state index >= 15 is 0 Å². The van der Waals surface area contributed by atoms with Crippen molar-refractivity contribution in [2.75, 3.05) is 6.61 Å². The van der Waals surface area contributed by atoms with Gasteiger partial charge in [-0.25, -0.2) is 4.79 Å². The van der Waals surface area contributed by atoms with Crippen LogP contribution in [0.1, 0.15) is 11.1 Å². The summed E-state index contributed by atoms with van der Waals surface area (Å²) in [6.45, 7) is 3.79. The van der Waals surface area contributed by atoms with Crippen LogP contribution in [0.15, 0.2) is 53.3 Å². The highest BCUT2D eigenvalue weighted by Crippen LogP contribution is 2.22. The molecule has 0 bridgehead atoms. The second-order valence-electron chi connectivity index (χ2n) is 5.23. The maximum absolute atomic E-state index is 11.9. The Hall–Kier alpha value is -3.15. The Labute approximate surface area is 139 Å². The molecule has 6 heteroatoms. The zero-order chi connectivity index (χ0) is 16.9. The van der Waals surface area contributed by atoms with Crippen LogP contribution in [0, 0.1) is 13.8 Å².